The van der Waals surface area contributed by atoms with Crippen molar-refractivity contribution < 1.29 is 43.0 Å². The molecule has 0 spiro atoms. The third-order valence-corrected chi connectivity index (χ3v) is 9.34. The number of carbonyl (C=O) groups excluding carboxylic acids is 1. The first-order valence-corrected chi connectivity index (χ1v) is 22.4. The van der Waals surface area contributed by atoms with E-state index in [0.717, 1.165) is 51.4 Å². The van der Waals surface area contributed by atoms with E-state index in [0.29, 0.717) is 13.0 Å². The van der Waals surface area contributed by atoms with Crippen LogP contribution in [0.3, 0.4) is 0 Å². The van der Waals surface area contributed by atoms with Crippen molar-refractivity contribution in [2.24, 2.45) is 0 Å². The number of hydrogen-bond donors (Lipinski definition) is 3. The van der Waals surface area contributed by atoms with Crippen LogP contribution in [0.5, 0.6) is 0 Å². The van der Waals surface area contributed by atoms with Crippen molar-refractivity contribution in [3.63, 3.8) is 0 Å². The molecule has 0 bridgehead atoms. The minimum absolute atomic E-state index is 0.0148. The lowest BCUT2D eigenvalue weighted by atomic mass is 10.1. The standard InChI is InChI=1S/C44H77O9P/c1-3-5-7-9-11-13-15-17-18-19-20-21-22-23-25-27-29-31-33-35-37-50-40-43(41-52-54(48,49)51-39-42(46)38-45)53-44(47)36-34-32-30-28-26-24-16-14-12-10-8-6-4-2/h6,8,11-14,17-18,24,26,30,32,42-43,45-46H,3-5,7,9-10,15-16,19-23,25,27-29,31,33-41H2,1-2H3,(H,48,49)/b8-6-,13-11-,14-12-,18-17-,26-24-,32-30-. The topological polar surface area (TPSA) is 132 Å². The van der Waals surface area contributed by atoms with Gasteiger partial charge in [-0.05, 0) is 70.6 Å². The average Bonchev–Trinajstić information content (AvgIpc) is 3.16. The molecule has 0 aliphatic carbocycles. The molecule has 0 aliphatic rings. The van der Waals surface area contributed by atoms with Crippen LogP contribution in [0.15, 0.2) is 72.9 Å². The monoisotopic (exact) mass is 781 g/mol. The quantitative estimate of drug-likeness (QED) is 0.0241. The highest BCUT2D eigenvalue weighted by Crippen LogP contribution is 2.43. The zero-order chi connectivity index (χ0) is 39.6. The third kappa shape index (κ3) is 39.6. The molecular weight excluding hydrogens is 703 g/mol. The molecule has 3 unspecified atom stereocenters. The number of phosphoric acid groups is 1. The Morgan fingerprint density at radius 1 is 0.593 bits per heavy atom. The summed E-state index contributed by atoms with van der Waals surface area (Å²) in [4.78, 5) is 22.5. The molecule has 54 heavy (non-hydrogen) atoms. The zero-order valence-electron chi connectivity index (χ0n) is 33.9. The molecule has 0 aromatic rings. The van der Waals surface area contributed by atoms with Gasteiger partial charge in [0.05, 0.1) is 26.4 Å². The van der Waals surface area contributed by atoms with Crippen LogP contribution in [0, 0.1) is 0 Å². The number of rotatable bonds is 39. The number of phosphoric ester groups is 1. The van der Waals surface area contributed by atoms with Gasteiger partial charge >= 0.3 is 13.8 Å². The second-order valence-electron chi connectivity index (χ2n) is 13.6. The number of esters is 1. The van der Waals surface area contributed by atoms with Crippen LogP contribution in [0.25, 0.3) is 0 Å². The Kier molecular flexibility index (Phi) is 39.0. The Morgan fingerprint density at radius 2 is 1.06 bits per heavy atom. The van der Waals surface area contributed by atoms with Gasteiger partial charge in [-0.25, -0.2) is 4.57 Å². The molecule has 3 atom stereocenters. The van der Waals surface area contributed by atoms with Crippen molar-refractivity contribution in [2.45, 2.75) is 167 Å². The Labute approximate surface area is 329 Å². The number of aliphatic hydroxyl groups excluding tert-OH is 2. The first-order chi connectivity index (χ1) is 26.3. The molecule has 0 saturated carbocycles. The molecule has 9 nitrogen and oxygen atoms in total. The lowest BCUT2D eigenvalue weighted by molar-refractivity contribution is -0.154. The average molecular weight is 781 g/mol. The number of allylic oxidation sites excluding steroid dienone is 12. The maximum Gasteiger partial charge on any atom is 0.472 e. The molecule has 3 N–H and O–H groups in total. The Bertz CT molecular complexity index is 1070. The predicted molar refractivity (Wildman–Crippen MR) is 223 cm³/mol. The number of carbonyl (C=O) groups is 1. The van der Waals surface area contributed by atoms with Crippen molar-refractivity contribution in [3.05, 3.63) is 72.9 Å². The number of unbranched alkanes of at least 4 members (excludes halogenated alkanes) is 13. The minimum Gasteiger partial charge on any atom is -0.457 e. The molecule has 10 heteroatoms. The second kappa shape index (κ2) is 40.6. The van der Waals surface area contributed by atoms with Gasteiger partial charge in [0.2, 0.25) is 0 Å². The summed E-state index contributed by atoms with van der Waals surface area (Å²) < 4.78 is 33.2. The van der Waals surface area contributed by atoms with E-state index < -0.39 is 45.8 Å². The molecule has 0 fully saturated rings. The van der Waals surface area contributed by atoms with E-state index in [2.05, 4.69) is 74.6 Å². The van der Waals surface area contributed by atoms with Crippen molar-refractivity contribution in [1.29, 1.82) is 0 Å². The summed E-state index contributed by atoms with van der Waals surface area (Å²) in [6, 6.07) is 0. The molecule has 0 rings (SSSR count). The van der Waals surface area contributed by atoms with Crippen LogP contribution in [0.2, 0.25) is 0 Å². The van der Waals surface area contributed by atoms with Crippen LogP contribution >= 0.6 is 7.82 Å². The maximum atomic E-state index is 12.5. The summed E-state index contributed by atoms with van der Waals surface area (Å²) >= 11 is 0. The lowest BCUT2D eigenvalue weighted by Gasteiger charge is -2.20. The van der Waals surface area contributed by atoms with Gasteiger partial charge in [0.1, 0.15) is 12.2 Å². The molecular formula is C44H77O9P. The lowest BCUT2D eigenvalue weighted by Crippen LogP contribution is -2.29. The van der Waals surface area contributed by atoms with Crippen molar-refractivity contribution in [3.8, 4) is 0 Å². The molecule has 0 saturated heterocycles. The van der Waals surface area contributed by atoms with Crippen molar-refractivity contribution >= 4 is 13.8 Å². The fourth-order valence-electron chi connectivity index (χ4n) is 5.22. The van der Waals surface area contributed by atoms with E-state index in [-0.39, 0.29) is 13.0 Å². The zero-order valence-corrected chi connectivity index (χ0v) is 34.8. The van der Waals surface area contributed by atoms with E-state index in [9.17, 15) is 19.4 Å². The van der Waals surface area contributed by atoms with E-state index in [1.807, 2.05) is 12.2 Å². The minimum atomic E-state index is -4.54. The van der Waals surface area contributed by atoms with E-state index >= 15 is 0 Å². The summed E-state index contributed by atoms with van der Waals surface area (Å²) in [5.74, 6) is -0.465. The van der Waals surface area contributed by atoms with Crippen LogP contribution in [0.1, 0.15) is 155 Å². The molecule has 0 aromatic carbocycles. The van der Waals surface area contributed by atoms with E-state index in [1.54, 1.807) is 0 Å². The fourth-order valence-corrected chi connectivity index (χ4v) is 6.01. The predicted octanol–water partition coefficient (Wildman–Crippen LogP) is 11.4. The largest absolute Gasteiger partial charge is 0.472 e. The van der Waals surface area contributed by atoms with Gasteiger partial charge in [0, 0.05) is 13.0 Å². The van der Waals surface area contributed by atoms with Gasteiger partial charge in [-0.2, -0.15) is 0 Å². The first kappa shape index (κ1) is 51.9. The van der Waals surface area contributed by atoms with E-state index in [1.165, 1.54) is 77.0 Å². The fraction of sp³-hybridized carbons (Fsp3) is 0.705. The summed E-state index contributed by atoms with van der Waals surface area (Å²) in [5, 5.41) is 18.3. The normalized spacial score (nSPS) is 14.8. The molecule has 0 aromatic heterocycles. The summed E-state index contributed by atoms with van der Waals surface area (Å²) in [5.41, 5.74) is 0. The third-order valence-electron chi connectivity index (χ3n) is 8.39. The summed E-state index contributed by atoms with van der Waals surface area (Å²) in [7, 11) is -4.54. The van der Waals surface area contributed by atoms with Crippen LogP contribution < -0.4 is 0 Å². The smallest absolute Gasteiger partial charge is 0.457 e. The van der Waals surface area contributed by atoms with Crippen molar-refractivity contribution in [2.75, 3.05) is 33.0 Å². The van der Waals surface area contributed by atoms with Gasteiger partial charge in [-0.1, -0.05) is 151 Å². The molecule has 0 amide bonds. The molecule has 0 radical (unpaired) electrons. The highest BCUT2D eigenvalue weighted by Gasteiger charge is 2.26. The number of ether oxygens (including phenoxy) is 2. The summed E-state index contributed by atoms with van der Waals surface area (Å²) in [6.45, 7) is 3.25. The van der Waals surface area contributed by atoms with Crippen molar-refractivity contribution in [1.82, 2.24) is 0 Å². The van der Waals surface area contributed by atoms with Gasteiger partial charge in [0.25, 0.3) is 0 Å². The van der Waals surface area contributed by atoms with Gasteiger partial charge in [-0.3, -0.25) is 13.8 Å². The SMILES string of the molecule is CC/C=C\C/C=C\C/C=C\C/C=C\CCC(=O)OC(COCCCCCCCCCCCC/C=C\C/C=C\CCCCC)COP(=O)(O)OCC(O)CO. The Hall–Kier alpha value is -2.10. The summed E-state index contributed by atoms with van der Waals surface area (Å²) in [6.07, 6.45) is 47.4. The first-order valence-electron chi connectivity index (χ1n) is 20.9. The van der Waals surface area contributed by atoms with Crippen LogP contribution in [-0.2, 0) is 27.9 Å². The molecule has 0 heterocycles. The van der Waals surface area contributed by atoms with Gasteiger partial charge < -0.3 is 24.6 Å². The second-order valence-corrected chi connectivity index (χ2v) is 15.1. The molecule has 0 aliphatic heterocycles. The highest BCUT2D eigenvalue weighted by molar-refractivity contribution is 7.47. The number of hydrogen-bond acceptors (Lipinski definition) is 8. The van der Waals surface area contributed by atoms with Gasteiger partial charge in [-0.15, -0.1) is 0 Å². The maximum absolute atomic E-state index is 12.5. The van der Waals surface area contributed by atoms with Gasteiger partial charge in [0.15, 0.2) is 0 Å². The molecule has 312 valence electrons. The highest BCUT2D eigenvalue weighted by atomic mass is 31.2. The Morgan fingerprint density at radius 3 is 1.59 bits per heavy atom. The Balaban J connectivity index is 4.24. The van der Waals surface area contributed by atoms with Crippen LogP contribution in [0.4, 0.5) is 0 Å². The van der Waals surface area contributed by atoms with Crippen LogP contribution in [-0.4, -0.2) is 66.3 Å². The van der Waals surface area contributed by atoms with E-state index in [4.69, 9.17) is 23.6 Å². The number of aliphatic hydroxyl groups is 2.